The summed E-state index contributed by atoms with van der Waals surface area (Å²) in [4.78, 5) is 2.40. The molecule has 0 radical (unpaired) electrons. The molecule has 2 heterocycles. The largest absolute Gasteiger partial charge is 0.456 e. The van der Waals surface area contributed by atoms with Crippen LogP contribution >= 0.6 is 11.3 Å². The van der Waals surface area contributed by atoms with E-state index in [9.17, 15) is 0 Å². The van der Waals surface area contributed by atoms with E-state index >= 15 is 0 Å². The summed E-state index contributed by atoms with van der Waals surface area (Å²) >= 11 is 1.85. The van der Waals surface area contributed by atoms with Crippen LogP contribution in [0, 0.1) is 0 Å². The summed E-state index contributed by atoms with van der Waals surface area (Å²) in [5.41, 5.74) is 9.80. The van der Waals surface area contributed by atoms with Crippen molar-refractivity contribution in [2.75, 3.05) is 4.90 Å². The van der Waals surface area contributed by atoms with Crippen LogP contribution in [0.3, 0.4) is 0 Å². The molecule has 49 heavy (non-hydrogen) atoms. The van der Waals surface area contributed by atoms with Crippen LogP contribution < -0.4 is 4.90 Å². The zero-order valence-corrected chi connectivity index (χ0v) is 27.3. The minimum Gasteiger partial charge on any atom is -0.456 e. The number of furan rings is 1. The van der Waals surface area contributed by atoms with E-state index in [4.69, 9.17) is 4.42 Å². The summed E-state index contributed by atoms with van der Waals surface area (Å²) in [6.45, 7) is 0. The van der Waals surface area contributed by atoms with Crippen LogP contribution in [0.25, 0.3) is 75.1 Å². The SMILES string of the molecule is c1cc(-c2ccc3ccccc3c2)cc(N(c2ccc3oc4ccccc4c3c2)c2ccccc2-c2ccc3sc4ccccc4c3c2)c1. The molecular formula is C46H29NOS. The highest BCUT2D eigenvalue weighted by atomic mass is 32.1. The Labute approximate surface area is 287 Å². The Morgan fingerprint density at radius 3 is 2.06 bits per heavy atom. The molecule has 2 nitrogen and oxygen atoms in total. The van der Waals surface area contributed by atoms with Gasteiger partial charge < -0.3 is 9.32 Å². The highest BCUT2D eigenvalue weighted by Gasteiger charge is 2.20. The maximum Gasteiger partial charge on any atom is 0.135 e. The first-order valence-corrected chi connectivity index (χ1v) is 17.4. The number of rotatable bonds is 5. The van der Waals surface area contributed by atoms with Gasteiger partial charge in [0, 0.05) is 47.9 Å². The lowest BCUT2D eigenvalue weighted by molar-refractivity contribution is 0.669. The van der Waals surface area contributed by atoms with Crippen LogP contribution in [-0.2, 0) is 0 Å². The zero-order chi connectivity index (χ0) is 32.3. The monoisotopic (exact) mass is 643 g/mol. The molecule has 0 fully saturated rings. The van der Waals surface area contributed by atoms with Crippen molar-refractivity contribution in [3.63, 3.8) is 0 Å². The molecule has 0 spiro atoms. The molecule has 2 aromatic heterocycles. The quantitative estimate of drug-likeness (QED) is 0.186. The van der Waals surface area contributed by atoms with E-state index in [2.05, 4.69) is 169 Å². The van der Waals surface area contributed by atoms with E-state index in [0.717, 1.165) is 39.0 Å². The Morgan fingerprint density at radius 2 is 1.10 bits per heavy atom. The van der Waals surface area contributed by atoms with Crippen molar-refractivity contribution in [3.05, 3.63) is 176 Å². The second-order valence-corrected chi connectivity index (χ2v) is 13.6. The lowest BCUT2D eigenvalue weighted by Gasteiger charge is -2.28. The summed E-state index contributed by atoms with van der Waals surface area (Å²) in [5, 5.41) is 7.30. The average Bonchev–Trinajstić information content (AvgIpc) is 3.73. The van der Waals surface area contributed by atoms with Crippen LogP contribution in [-0.4, -0.2) is 0 Å². The molecular weight excluding hydrogens is 615 g/mol. The van der Waals surface area contributed by atoms with Crippen LogP contribution in [0.5, 0.6) is 0 Å². The molecule has 10 rings (SSSR count). The van der Waals surface area contributed by atoms with Crippen molar-refractivity contribution in [2.45, 2.75) is 0 Å². The summed E-state index contributed by atoms with van der Waals surface area (Å²) < 4.78 is 8.88. The topological polar surface area (TPSA) is 16.4 Å². The summed E-state index contributed by atoms with van der Waals surface area (Å²) in [6.07, 6.45) is 0. The summed E-state index contributed by atoms with van der Waals surface area (Å²) in [7, 11) is 0. The van der Waals surface area contributed by atoms with Gasteiger partial charge in [0.1, 0.15) is 11.2 Å². The zero-order valence-electron chi connectivity index (χ0n) is 26.5. The molecule has 0 aliphatic heterocycles. The molecule has 230 valence electrons. The van der Waals surface area contributed by atoms with Crippen molar-refractivity contribution < 1.29 is 4.42 Å². The van der Waals surface area contributed by atoms with Crippen LogP contribution in [0.15, 0.2) is 180 Å². The average molecular weight is 644 g/mol. The van der Waals surface area contributed by atoms with Crippen molar-refractivity contribution in [2.24, 2.45) is 0 Å². The molecule has 3 heteroatoms. The molecule has 0 saturated carbocycles. The maximum atomic E-state index is 6.25. The van der Waals surface area contributed by atoms with Gasteiger partial charge in [0.2, 0.25) is 0 Å². The van der Waals surface area contributed by atoms with E-state index in [0.29, 0.717) is 0 Å². The number of thiophene rings is 1. The third-order valence-electron chi connectivity index (χ3n) is 9.64. The summed E-state index contributed by atoms with van der Waals surface area (Å²) in [5.74, 6) is 0. The first-order valence-electron chi connectivity index (χ1n) is 16.6. The molecule has 0 unspecified atom stereocenters. The molecule has 8 aromatic carbocycles. The fraction of sp³-hybridized carbons (Fsp3) is 0. The van der Waals surface area contributed by atoms with Crippen LogP contribution in [0.2, 0.25) is 0 Å². The molecule has 10 aromatic rings. The van der Waals surface area contributed by atoms with E-state index < -0.39 is 0 Å². The van der Waals surface area contributed by atoms with Gasteiger partial charge in [0.15, 0.2) is 0 Å². The molecule has 0 N–H and O–H groups in total. The first-order chi connectivity index (χ1) is 24.3. The second-order valence-electron chi connectivity index (χ2n) is 12.6. The lowest BCUT2D eigenvalue weighted by atomic mass is 9.98. The molecule has 0 aliphatic carbocycles. The number of anilines is 3. The second kappa shape index (κ2) is 11.2. The van der Waals surface area contributed by atoms with E-state index in [1.807, 2.05) is 23.5 Å². The van der Waals surface area contributed by atoms with Crippen molar-refractivity contribution in [3.8, 4) is 22.3 Å². The maximum absolute atomic E-state index is 6.25. The van der Waals surface area contributed by atoms with Crippen LogP contribution in [0.4, 0.5) is 17.1 Å². The minimum atomic E-state index is 0.887. The van der Waals surface area contributed by atoms with Gasteiger partial charge >= 0.3 is 0 Å². The number of para-hydroxylation sites is 2. The molecule has 0 atom stereocenters. The molecule has 0 saturated heterocycles. The van der Waals surface area contributed by atoms with Gasteiger partial charge in [-0.3, -0.25) is 0 Å². The molecule has 0 aliphatic rings. The van der Waals surface area contributed by atoms with Gasteiger partial charge in [0.25, 0.3) is 0 Å². The highest BCUT2D eigenvalue weighted by molar-refractivity contribution is 7.25. The normalized spacial score (nSPS) is 11.7. The van der Waals surface area contributed by atoms with Crippen molar-refractivity contribution in [1.29, 1.82) is 0 Å². The Balaban J connectivity index is 1.19. The molecule has 0 bridgehead atoms. The van der Waals surface area contributed by atoms with E-state index in [1.165, 1.54) is 53.2 Å². The molecule has 0 amide bonds. The van der Waals surface area contributed by atoms with Gasteiger partial charge in [-0.05, 0) is 94.2 Å². The van der Waals surface area contributed by atoms with Gasteiger partial charge in [-0.25, -0.2) is 0 Å². The Hall–Kier alpha value is -6.16. The van der Waals surface area contributed by atoms with Gasteiger partial charge in [0.05, 0.1) is 5.69 Å². The fourth-order valence-corrected chi connectivity index (χ4v) is 8.37. The predicted octanol–water partition coefficient (Wildman–Crippen LogP) is 13.9. The number of fused-ring (bicyclic) bond motifs is 7. The number of hydrogen-bond donors (Lipinski definition) is 0. The number of nitrogens with zero attached hydrogens (tertiary/aromatic N) is 1. The first kappa shape index (κ1) is 27.9. The number of hydrogen-bond acceptors (Lipinski definition) is 3. The summed E-state index contributed by atoms with van der Waals surface area (Å²) in [6, 6.07) is 63.4. The predicted molar refractivity (Wildman–Crippen MR) is 210 cm³/mol. The third-order valence-corrected chi connectivity index (χ3v) is 10.8. The Bertz CT molecular complexity index is 2860. The van der Waals surface area contributed by atoms with Crippen molar-refractivity contribution >= 4 is 81.3 Å². The smallest absolute Gasteiger partial charge is 0.135 e. The van der Waals surface area contributed by atoms with Gasteiger partial charge in [-0.2, -0.15) is 0 Å². The van der Waals surface area contributed by atoms with Crippen molar-refractivity contribution in [1.82, 2.24) is 0 Å². The Morgan fingerprint density at radius 1 is 0.388 bits per heavy atom. The van der Waals surface area contributed by atoms with E-state index in [-0.39, 0.29) is 0 Å². The third kappa shape index (κ3) is 4.70. The number of benzene rings is 8. The Kier molecular flexibility index (Phi) is 6.39. The highest BCUT2D eigenvalue weighted by Crippen LogP contribution is 2.45. The van der Waals surface area contributed by atoms with Crippen LogP contribution in [0.1, 0.15) is 0 Å². The van der Waals surface area contributed by atoms with Gasteiger partial charge in [-0.1, -0.05) is 109 Å². The van der Waals surface area contributed by atoms with E-state index in [1.54, 1.807) is 0 Å². The lowest BCUT2D eigenvalue weighted by Crippen LogP contribution is -2.11. The standard InChI is InChI=1S/C46H29NOS/c1-2-11-31-26-33(21-20-30(31)10-1)32-12-9-13-35(27-32)47(36-23-24-44-40(29-36)38-15-4-7-18-43(38)48-44)42-17-6-3-14-37(42)34-22-25-46-41(28-34)39-16-5-8-19-45(39)49-46/h1-29H. The van der Waals surface area contributed by atoms with Gasteiger partial charge in [-0.15, -0.1) is 11.3 Å². The minimum absolute atomic E-state index is 0.887. The fourth-order valence-electron chi connectivity index (χ4n) is 7.28.